The highest BCUT2D eigenvalue weighted by molar-refractivity contribution is 5.70. The van der Waals surface area contributed by atoms with E-state index < -0.39 is 6.10 Å². The second kappa shape index (κ2) is 54.4. The van der Waals surface area contributed by atoms with Crippen LogP contribution in [-0.2, 0) is 19.1 Å². The summed E-state index contributed by atoms with van der Waals surface area (Å²) >= 11 is 0. The highest BCUT2D eigenvalue weighted by Gasteiger charge is 2.16. The molecule has 0 radical (unpaired) electrons. The maximum atomic E-state index is 12.3. The van der Waals surface area contributed by atoms with E-state index >= 15 is 0 Å². The van der Waals surface area contributed by atoms with Crippen LogP contribution in [0.5, 0.6) is 0 Å². The van der Waals surface area contributed by atoms with Gasteiger partial charge in [0.15, 0.2) is 6.10 Å². The minimum Gasteiger partial charge on any atom is -0.462 e. The van der Waals surface area contributed by atoms with Crippen LogP contribution < -0.4 is 0 Å². The van der Waals surface area contributed by atoms with Gasteiger partial charge in [-0.05, 0) is 89.9 Å². The van der Waals surface area contributed by atoms with Gasteiger partial charge in [0.05, 0.1) is 6.61 Å². The van der Waals surface area contributed by atoms with Crippen molar-refractivity contribution in [1.29, 1.82) is 0 Å². The summed E-state index contributed by atoms with van der Waals surface area (Å²) in [5.41, 5.74) is 0. The van der Waals surface area contributed by atoms with E-state index in [1.807, 2.05) is 0 Å². The molecule has 368 valence electrons. The Morgan fingerprint density at radius 2 is 0.672 bits per heavy atom. The summed E-state index contributed by atoms with van der Waals surface area (Å²) in [6.07, 6.45) is 75.5. The van der Waals surface area contributed by atoms with E-state index in [0.717, 1.165) is 83.5 Å². The summed E-state index contributed by atoms with van der Waals surface area (Å²) in [6.45, 7) is 4.02. The molecule has 5 heteroatoms. The van der Waals surface area contributed by atoms with Crippen LogP contribution in [0, 0.1) is 0 Å². The summed E-state index contributed by atoms with van der Waals surface area (Å²) in [4.78, 5) is 24.5. The van der Waals surface area contributed by atoms with E-state index in [1.165, 1.54) is 148 Å². The van der Waals surface area contributed by atoms with E-state index in [9.17, 15) is 14.7 Å². The van der Waals surface area contributed by atoms with Crippen molar-refractivity contribution in [3.05, 3.63) is 85.1 Å². The number of carbonyl (C=O) groups is 2. The number of aliphatic hydroxyl groups excluding tert-OH is 1. The van der Waals surface area contributed by atoms with E-state index in [4.69, 9.17) is 9.47 Å². The average Bonchev–Trinajstić information content (AvgIpc) is 3.30. The Kier molecular flexibility index (Phi) is 51.9. The zero-order valence-electron chi connectivity index (χ0n) is 42.0. The van der Waals surface area contributed by atoms with Crippen molar-refractivity contribution in [3.63, 3.8) is 0 Å². The Morgan fingerprint density at radius 3 is 1.02 bits per heavy atom. The molecule has 64 heavy (non-hydrogen) atoms. The predicted octanol–water partition coefficient (Wildman–Crippen LogP) is 18.2. The lowest BCUT2D eigenvalue weighted by molar-refractivity contribution is -0.161. The number of unbranched alkanes of at least 4 members (excludes halogenated alkanes) is 27. The molecule has 0 rings (SSSR count). The molecule has 1 unspecified atom stereocenters. The molecule has 0 saturated carbocycles. The lowest BCUT2D eigenvalue weighted by atomic mass is 10.0. The standard InChI is InChI=1S/C59H102O5/c1-3-5-7-9-11-13-15-17-19-21-23-24-25-26-27-28-29-30-31-32-33-34-36-37-39-41-43-45-47-49-51-53-58(61)63-56-57(55-60)64-59(62)54-52-50-48-46-44-42-40-38-35-22-20-18-16-14-12-10-8-6-4-2/h6,8,12,14-15,17-18,20-21,23,25-26,35,38,57,60H,3-5,7,9-11,13,16,19,22,24,27-34,36-37,39-56H2,1-2H3/b8-6-,14-12-,17-15-,20-18-,23-21-,26-25-,38-35-. The lowest BCUT2D eigenvalue weighted by Gasteiger charge is -2.15. The Hall–Kier alpha value is -2.92. The zero-order valence-corrected chi connectivity index (χ0v) is 42.0. The van der Waals surface area contributed by atoms with Gasteiger partial charge in [-0.25, -0.2) is 0 Å². The molecule has 0 aliphatic heterocycles. The normalized spacial score (nSPS) is 12.9. The van der Waals surface area contributed by atoms with Gasteiger partial charge in [0.25, 0.3) is 0 Å². The number of hydrogen-bond acceptors (Lipinski definition) is 5. The second-order valence-corrected chi connectivity index (χ2v) is 17.9. The molecule has 0 bridgehead atoms. The highest BCUT2D eigenvalue weighted by atomic mass is 16.6. The topological polar surface area (TPSA) is 72.8 Å². The maximum absolute atomic E-state index is 12.3. The number of allylic oxidation sites excluding steroid dienone is 14. The number of ether oxygens (including phenoxy) is 2. The van der Waals surface area contributed by atoms with Crippen molar-refractivity contribution in [2.75, 3.05) is 13.2 Å². The van der Waals surface area contributed by atoms with Crippen molar-refractivity contribution in [1.82, 2.24) is 0 Å². The molecule has 0 aromatic carbocycles. The minimum atomic E-state index is -0.784. The number of aliphatic hydroxyl groups is 1. The molecule has 0 saturated heterocycles. The summed E-state index contributed by atoms with van der Waals surface area (Å²) in [6, 6.07) is 0. The lowest BCUT2D eigenvalue weighted by Crippen LogP contribution is -2.28. The number of carbonyl (C=O) groups excluding carboxylic acids is 2. The van der Waals surface area contributed by atoms with Gasteiger partial charge in [0.2, 0.25) is 0 Å². The Morgan fingerprint density at radius 1 is 0.375 bits per heavy atom. The first-order chi connectivity index (χ1) is 31.6. The van der Waals surface area contributed by atoms with Gasteiger partial charge in [-0.3, -0.25) is 9.59 Å². The van der Waals surface area contributed by atoms with Gasteiger partial charge >= 0.3 is 11.9 Å². The van der Waals surface area contributed by atoms with Crippen LogP contribution in [0.2, 0.25) is 0 Å². The van der Waals surface area contributed by atoms with Crippen LogP contribution in [0.3, 0.4) is 0 Å². The molecule has 0 spiro atoms. The largest absolute Gasteiger partial charge is 0.462 e. The summed E-state index contributed by atoms with van der Waals surface area (Å²) < 4.78 is 10.7. The monoisotopic (exact) mass is 891 g/mol. The van der Waals surface area contributed by atoms with Gasteiger partial charge in [-0.1, -0.05) is 240 Å². The Labute approximate surface area is 396 Å². The van der Waals surface area contributed by atoms with Crippen LogP contribution in [0.4, 0.5) is 0 Å². The van der Waals surface area contributed by atoms with Crippen LogP contribution in [0.15, 0.2) is 85.1 Å². The van der Waals surface area contributed by atoms with Crippen molar-refractivity contribution >= 4 is 11.9 Å². The first kappa shape index (κ1) is 61.1. The van der Waals surface area contributed by atoms with Crippen molar-refractivity contribution in [2.45, 2.75) is 264 Å². The van der Waals surface area contributed by atoms with Gasteiger partial charge in [-0.2, -0.15) is 0 Å². The van der Waals surface area contributed by atoms with Crippen molar-refractivity contribution in [3.8, 4) is 0 Å². The van der Waals surface area contributed by atoms with E-state index in [0.29, 0.717) is 12.8 Å². The molecule has 1 atom stereocenters. The van der Waals surface area contributed by atoms with Gasteiger partial charge < -0.3 is 14.6 Å². The molecule has 0 amide bonds. The molecular formula is C59H102O5. The Balaban J connectivity index is 3.50. The van der Waals surface area contributed by atoms with Crippen LogP contribution in [0.1, 0.15) is 258 Å². The highest BCUT2D eigenvalue weighted by Crippen LogP contribution is 2.16. The first-order valence-electron chi connectivity index (χ1n) is 27.1. The fraction of sp³-hybridized carbons (Fsp3) is 0.729. The summed E-state index contributed by atoms with van der Waals surface area (Å²) in [5, 5.41) is 9.63. The fourth-order valence-corrected chi connectivity index (χ4v) is 7.61. The van der Waals surface area contributed by atoms with E-state index in [2.05, 4.69) is 98.9 Å². The molecule has 0 aromatic heterocycles. The van der Waals surface area contributed by atoms with Crippen LogP contribution in [0.25, 0.3) is 0 Å². The minimum absolute atomic E-state index is 0.0742. The maximum Gasteiger partial charge on any atom is 0.306 e. The summed E-state index contributed by atoms with van der Waals surface area (Å²) in [7, 11) is 0. The van der Waals surface area contributed by atoms with Crippen LogP contribution in [-0.4, -0.2) is 36.4 Å². The molecule has 0 aliphatic carbocycles. The Bertz CT molecular complexity index is 1190. The quantitative estimate of drug-likeness (QED) is 0.0374. The summed E-state index contributed by atoms with van der Waals surface area (Å²) in [5.74, 6) is -0.604. The third-order valence-corrected chi connectivity index (χ3v) is 11.7. The van der Waals surface area contributed by atoms with E-state index in [1.54, 1.807) is 0 Å². The smallest absolute Gasteiger partial charge is 0.306 e. The van der Waals surface area contributed by atoms with Crippen LogP contribution >= 0.6 is 0 Å². The van der Waals surface area contributed by atoms with E-state index in [-0.39, 0.29) is 25.2 Å². The predicted molar refractivity (Wildman–Crippen MR) is 279 cm³/mol. The zero-order chi connectivity index (χ0) is 46.3. The number of esters is 2. The first-order valence-corrected chi connectivity index (χ1v) is 27.1. The molecule has 0 aromatic rings. The third-order valence-electron chi connectivity index (χ3n) is 11.7. The van der Waals surface area contributed by atoms with Crippen molar-refractivity contribution < 1.29 is 24.2 Å². The molecule has 1 N–H and O–H groups in total. The number of rotatable bonds is 49. The number of hydrogen-bond donors (Lipinski definition) is 1. The molecule has 5 nitrogen and oxygen atoms in total. The van der Waals surface area contributed by atoms with Crippen molar-refractivity contribution in [2.24, 2.45) is 0 Å². The molecule has 0 heterocycles. The molecule has 0 fully saturated rings. The molecular weight excluding hydrogens is 789 g/mol. The third kappa shape index (κ3) is 51.7. The SMILES string of the molecule is CC/C=C\C/C=C\C/C=C\C/C=C\CCCCCCCCC(=O)OC(CO)COC(=O)CCCCCCCCCCCCCCCCCC/C=C\C/C=C\C/C=C\CCCCCCC. The van der Waals surface area contributed by atoms with Gasteiger partial charge in [-0.15, -0.1) is 0 Å². The van der Waals surface area contributed by atoms with Gasteiger partial charge in [0.1, 0.15) is 6.61 Å². The second-order valence-electron chi connectivity index (χ2n) is 17.9. The van der Waals surface area contributed by atoms with Gasteiger partial charge in [0, 0.05) is 12.8 Å². The fourth-order valence-electron chi connectivity index (χ4n) is 7.61. The molecule has 0 aliphatic rings. The average molecular weight is 891 g/mol.